The summed E-state index contributed by atoms with van der Waals surface area (Å²) in [7, 11) is -3.82. The molecule has 0 radical (unpaired) electrons. The average molecular weight is 322 g/mol. The van der Waals surface area contributed by atoms with Crippen molar-refractivity contribution in [3.63, 3.8) is 0 Å². The number of carbonyl (C=O) groups excluding carboxylic acids is 1. The molecular weight excluding hydrogens is 300 g/mol. The summed E-state index contributed by atoms with van der Waals surface area (Å²) in [5.74, 6) is -1.53. The van der Waals surface area contributed by atoms with E-state index < -0.39 is 33.4 Å². The number of sulfonamides is 1. The van der Waals surface area contributed by atoms with Crippen LogP contribution >= 0.6 is 0 Å². The minimum atomic E-state index is -3.82. The Kier molecular flexibility index (Phi) is 6.11. The molecule has 1 rings (SSSR count). The highest BCUT2D eigenvalue weighted by Gasteiger charge is 2.42. The van der Waals surface area contributed by atoms with Crippen molar-refractivity contribution in [2.24, 2.45) is 0 Å². The van der Waals surface area contributed by atoms with Crippen LogP contribution in [0.3, 0.4) is 0 Å². The van der Waals surface area contributed by atoms with Gasteiger partial charge in [-0.05, 0) is 20.3 Å². The Morgan fingerprint density at radius 1 is 1.48 bits per heavy atom. The van der Waals surface area contributed by atoms with Crippen molar-refractivity contribution < 1.29 is 27.9 Å². The number of hydrogen-bond acceptors (Lipinski definition) is 5. The Morgan fingerprint density at radius 3 is 2.52 bits per heavy atom. The van der Waals surface area contributed by atoms with Crippen molar-refractivity contribution in [1.82, 2.24) is 9.62 Å². The Hall–Kier alpha value is -1.19. The number of ether oxygens (including phenoxy) is 1. The fraction of sp³-hybridized carbons (Fsp3) is 0.833. The van der Waals surface area contributed by atoms with E-state index >= 15 is 0 Å². The summed E-state index contributed by atoms with van der Waals surface area (Å²) in [5, 5.41) is 10.8. The SMILES string of the molecule is CC(=O)NCCN(C(C)C(=O)O)S(=O)(=O)C1CCOC1C. The fourth-order valence-corrected chi connectivity index (χ4v) is 4.47. The van der Waals surface area contributed by atoms with Gasteiger partial charge in [-0.3, -0.25) is 9.59 Å². The maximum absolute atomic E-state index is 12.6. The highest BCUT2D eigenvalue weighted by molar-refractivity contribution is 7.89. The van der Waals surface area contributed by atoms with Crippen LogP contribution in [0.2, 0.25) is 0 Å². The zero-order chi connectivity index (χ0) is 16.2. The van der Waals surface area contributed by atoms with Gasteiger partial charge in [0.2, 0.25) is 15.9 Å². The molecule has 0 aromatic rings. The van der Waals surface area contributed by atoms with Gasteiger partial charge in [0.25, 0.3) is 0 Å². The normalized spacial score (nSPS) is 24.0. The van der Waals surface area contributed by atoms with Crippen LogP contribution < -0.4 is 5.32 Å². The second-order valence-corrected chi connectivity index (χ2v) is 7.16. The van der Waals surface area contributed by atoms with Crippen LogP contribution in [0.25, 0.3) is 0 Å². The number of carboxylic acid groups (broad SMARTS) is 1. The van der Waals surface area contributed by atoms with E-state index in [4.69, 9.17) is 9.84 Å². The van der Waals surface area contributed by atoms with Crippen molar-refractivity contribution in [3.05, 3.63) is 0 Å². The highest BCUT2D eigenvalue weighted by Crippen LogP contribution is 2.25. The molecule has 0 bridgehead atoms. The number of rotatable bonds is 7. The van der Waals surface area contributed by atoms with E-state index in [0.717, 1.165) is 4.31 Å². The minimum Gasteiger partial charge on any atom is -0.480 e. The van der Waals surface area contributed by atoms with Crippen LogP contribution in [0.4, 0.5) is 0 Å². The maximum Gasteiger partial charge on any atom is 0.321 e. The molecular formula is C12H22N2O6S. The Morgan fingerprint density at radius 2 is 2.10 bits per heavy atom. The number of aliphatic carboxylic acids is 1. The molecule has 0 aromatic carbocycles. The van der Waals surface area contributed by atoms with E-state index in [1.165, 1.54) is 13.8 Å². The van der Waals surface area contributed by atoms with Crippen molar-refractivity contribution in [2.75, 3.05) is 19.7 Å². The maximum atomic E-state index is 12.6. The van der Waals surface area contributed by atoms with Crippen molar-refractivity contribution in [2.45, 2.75) is 44.6 Å². The molecule has 1 fully saturated rings. The molecule has 8 nitrogen and oxygen atoms in total. The van der Waals surface area contributed by atoms with Crippen molar-refractivity contribution >= 4 is 21.9 Å². The van der Waals surface area contributed by atoms with Gasteiger partial charge in [0.05, 0.1) is 6.10 Å². The molecule has 1 aliphatic rings. The minimum absolute atomic E-state index is 0.0636. The molecule has 1 amide bonds. The van der Waals surface area contributed by atoms with Gasteiger partial charge in [0.15, 0.2) is 0 Å². The third-order valence-corrected chi connectivity index (χ3v) is 6.05. The lowest BCUT2D eigenvalue weighted by Crippen LogP contribution is -2.51. The van der Waals surface area contributed by atoms with Crippen LogP contribution in [0.1, 0.15) is 27.2 Å². The van der Waals surface area contributed by atoms with E-state index in [1.54, 1.807) is 6.92 Å². The molecule has 0 aromatic heterocycles. The van der Waals surface area contributed by atoms with Gasteiger partial charge in [0, 0.05) is 26.6 Å². The van der Waals surface area contributed by atoms with E-state index in [2.05, 4.69) is 5.32 Å². The molecule has 1 aliphatic heterocycles. The smallest absolute Gasteiger partial charge is 0.321 e. The molecule has 0 aliphatic carbocycles. The summed E-state index contributed by atoms with van der Waals surface area (Å²) >= 11 is 0. The summed E-state index contributed by atoms with van der Waals surface area (Å²) in [6, 6.07) is -1.20. The second kappa shape index (κ2) is 7.19. The van der Waals surface area contributed by atoms with Gasteiger partial charge in [-0.1, -0.05) is 0 Å². The standard InChI is InChI=1S/C12H22N2O6S/c1-8(12(16)17)14(6-5-13-10(3)15)21(18,19)11-4-7-20-9(11)2/h8-9,11H,4-7H2,1-3H3,(H,13,15)(H,16,17). The average Bonchev–Trinajstić information content (AvgIpc) is 2.80. The summed E-state index contributed by atoms with van der Waals surface area (Å²) in [4.78, 5) is 22.0. The Bertz CT molecular complexity index is 492. The number of hydrogen-bond donors (Lipinski definition) is 2. The largest absolute Gasteiger partial charge is 0.480 e. The summed E-state index contributed by atoms with van der Waals surface area (Å²) in [5.41, 5.74) is 0. The fourth-order valence-electron chi connectivity index (χ4n) is 2.28. The Labute approximate surface area is 124 Å². The Balaban J connectivity index is 2.93. The highest BCUT2D eigenvalue weighted by atomic mass is 32.2. The number of nitrogens with zero attached hydrogens (tertiary/aromatic N) is 1. The van der Waals surface area contributed by atoms with Gasteiger partial charge in [-0.25, -0.2) is 8.42 Å². The van der Waals surface area contributed by atoms with E-state index in [9.17, 15) is 18.0 Å². The zero-order valence-corrected chi connectivity index (χ0v) is 13.2. The molecule has 1 saturated heterocycles. The molecule has 0 spiro atoms. The van der Waals surface area contributed by atoms with Crippen molar-refractivity contribution in [3.8, 4) is 0 Å². The zero-order valence-electron chi connectivity index (χ0n) is 12.4. The summed E-state index contributed by atoms with van der Waals surface area (Å²) in [6.45, 7) is 4.60. The number of nitrogens with one attached hydrogen (secondary N) is 1. The van der Waals surface area contributed by atoms with E-state index in [-0.39, 0.29) is 19.0 Å². The first-order chi connectivity index (χ1) is 9.67. The second-order valence-electron chi connectivity index (χ2n) is 5.06. The van der Waals surface area contributed by atoms with Crippen LogP contribution in [-0.2, 0) is 24.3 Å². The van der Waals surface area contributed by atoms with Gasteiger partial charge in [0.1, 0.15) is 11.3 Å². The molecule has 3 atom stereocenters. The first kappa shape index (κ1) is 17.9. The first-order valence-corrected chi connectivity index (χ1v) is 8.27. The molecule has 9 heteroatoms. The van der Waals surface area contributed by atoms with Crippen LogP contribution in [0, 0.1) is 0 Å². The predicted octanol–water partition coefficient (Wildman–Crippen LogP) is -0.595. The lowest BCUT2D eigenvalue weighted by Gasteiger charge is -2.29. The predicted molar refractivity (Wildman–Crippen MR) is 75.2 cm³/mol. The lowest BCUT2D eigenvalue weighted by atomic mass is 10.3. The first-order valence-electron chi connectivity index (χ1n) is 6.77. The third kappa shape index (κ3) is 4.39. The van der Waals surface area contributed by atoms with E-state index in [1.807, 2.05) is 0 Å². The monoisotopic (exact) mass is 322 g/mol. The molecule has 0 saturated carbocycles. The van der Waals surface area contributed by atoms with Crippen LogP contribution in [-0.4, -0.2) is 66.8 Å². The van der Waals surface area contributed by atoms with Gasteiger partial charge < -0.3 is 15.2 Å². The molecule has 1 heterocycles. The topological polar surface area (TPSA) is 113 Å². The van der Waals surface area contributed by atoms with Crippen molar-refractivity contribution in [1.29, 1.82) is 0 Å². The van der Waals surface area contributed by atoms with Crippen LogP contribution in [0.5, 0.6) is 0 Å². The third-order valence-electron chi connectivity index (χ3n) is 3.51. The van der Waals surface area contributed by atoms with Gasteiger partial charge in [-0.2, -0.15) is 4.31 Å². The van der Waals surface area contributed by atoms with Gasteiger partial charge >= 0.3 is 5.97 Å². The molecule has 2 N–H and O–H groups in total. The van der Waals surface area contributed by atoms with E-state index in [0.29, 0.717) is 13.0 Å². The number of carbonyl (C=O) groups is 2. The lowest BCUT2D eigenvalue weighted by molar-refractivity contribution is -0.140. The molecule has 21 heavy (non-hydrogen) atoms. The summed E-state index contributed by atoms with van der Waals surface area (Å²) < 4.78 is 31.5. The van der Waals surface area contributed by atoms with Gasteiger partial charge in [-0.15, -0.1) is 0 Å². The number of amides is 1. The quantitative estimate of drug-likeness (QED) is 0.647. The van der Waals surface area contributed by atoms with Crippen LogP contribution in [0.15, 0.2) is 0 Å². The summed E-state index contributed by atoms with van der Waals surface area (Å²) in [6.07, 6.45) is -0.133. The number of carboxylic acids is 1. The molecule has 3 unspecified atom stereocenters. The molecule has 122 valence electrons.